The molecule has 22 heavy (non-hydrogen) atoms. The van der Waals surface area contributed by atoms with Gasteiger partial charge in [0.15, 0.2) is 0 Å². The molecule has 4 nitrogen and oxygen atoms in total. The summed E-state index contributed by atoms with van der Waals surface area (Å²) in [5.41, 5.74) is 9.75. The van der Waals surface area contributed by atoms with E-state index in [1.807, 2.05) is 18.7 Å². The Labute approximate surface area is 136 Å². The number of benzene rings is 1. The molecule has 0 radical (unpaired) electrons. The topological polar surface area (TPSA) is 47.1 Å². The van der Waals surface area contributed by atoms with E-state index in [0.29, 0.717) is 12.0 Å². The second-order valence-corrected chi connectivity index (χ2v) is 6.94. The van der Waals surface area contributed by atoms with Gasteiger partial charge in [0.2, 0.25) is 0 Å². The Hall–Kier alpha value is -1.72. The van der Waals surface area contributed by atoms with Gasteiger partial charge in [-0.05, 0) is 35.9 Å². The lowest BCUT2D eigenvalue weighted by atomic mass is 9.95. The Morgan fingerprint density at radius 1 is 1.23 bits per heavy atom. The Kier molecular flexibility index (Phi) is 4.27. The monoisotopic (exact) mass is 314 g/mol. The van der Waals surface area contributed by atoms with Crippen LogP contribution in [0, 0.1) is 5.92 Å². The van der Waals surface area contributed by atoms with Gasteiger partial charge in [-0.15, -0.1) is 0 Å². The summed E-state index contributed by atoms with van der Waals surface area (Å²) < 4.78 is 2.17. The number of hydrogen-bond acceptors (Lipinski definition) is 4. The molecule has 1 aromatic carbocycles. The van der Waals surface area contributed by atoms with Gasteiger partial charge in [0, 0.05) is 23.8 Å². The fourth-order valence-electron chi connectivity index (χ4n) is 3.00. The van der Waals surface area contributed by atoms with Crippen LogP contribution in [0.2, 0.25) is 0 Å². The molecular weight excluding hydrogens is 292 g/mol. The highest BCUT2D eigenvalue weighted by Gasteiger charge is 2.23. The van der Waals surface area contributed by atoms with Crippen molar-refractivity contribution in [3.8, 4) is 0 Å². The van der Waals surface area contributed by atoms with Crippen LogP contribution in [0.3, 0.4) is 0 Å². The van der Waals surface area contributed by atoms with Crippen molar-refractivity contribution >= 4 is 17.4 Å². The van der Waals surface area contributed by atoms with Crippen molar-refractivity contribution in [3.63, 3.8) is 0 Å². The van der Waals surface area contributed by atoms with Gasteiger partial charge in [-0.3, -0.25) is 0 Å². The molecule has 2 aromatic rings. The van der Waals surface area contributed by atoms with Crippen molar-refractivity contribution in [2.75, 3.05) is 4.90 Å². The number of rotatable bonds is 4. The lowest BCUT2D eigenvalue weighted by molar-refractivity contribution is 0.436. The zero-order chi connectivity index (χ0) is 15.7. The maximum absolute atomic E-state index is 6.15. The molecule has 1 aliphatic heterocycles. The molecule has 3 rings (SSSR count). The molecule has 2 atom stereocenters. The first-order chi connectivity index (χ1) is 10.6. The molecule has 5 heteroatoms. The number of thioether (sulfide) groups is 1. The first kappa shape index (κ1) is 15.2. The van der Waals surface area contributed by atoms with E-state index in [0.717, 1.165) is 5.69 Å². The molecule has 1 aliphatic rings. The number of hydrogen-bond donors (Lipinski definition) is 1. The number of aromatic nitrogens is 2. The van der Waals surface area contributed by atoms with E-state index in [9.17, 15) is 0 Å². The SMILES string of the molecule is CC1=CSC(N)N1c1ccc(C(C(C)C)n2ccnc2)cc1. The molecule has 0 saturated carbocycles. The third-order valence-electron chi connectivity index (χ3n) is 4.00. The van der Waals surface area contributed by atoms with Crippen molar-refractivity contribution in [1.29, 1.82) is 0 Å². The van der Waals surface area contributed by atoms with Gasteiger partial charge in [-0.25, -0.2) is 4.98 Å². The average Bonchev–Trinajstić information content (AvgIpc) is 3.11. The summed E-state index contributed by atoms with van der Waals surface area (Å²) >= 11 is 1.65. The molecule has 0 aliphatic carbocycles. The average molecular weight is 314 g/mol. The molecule has 0 amide bonds. The van der Waals surface area contributed by atoms with E-state index in [1.54, 1.807) is 11.8 Å². The van der Waals surface area contributed by atoms with E-state index in [1.165, 1.54) is 11.3 Å². The van der Waals surface area contributed by atoms with E-state index in [-0.39, 0.29) is 5.50 Å². The normalized spacial score (nSPS) is 19.6. The smallest absolute Gasteiger partial charge is 0.133 e. The summed E-state index contributed by atoms with van der Waals surface area (Å²) in [5.74, 6) is 0.492. The fourth-order valence-corrected chi connectivity index (χ4v) is 3.86. The fraction of sp³-hybridized carbons (Fsp3) is 0.353. The van der Waals surface area contributed by atoms with Gasteiger partial charge in [-0.2, -0.15) is 0 Å². The molecule has 0 spiro atoms. The van der Waals surface area contributed by atoms with Gasteiger partial charge in [0.05, 0.1) is 12.4 Å². The highest BCUT2D eigenvalue weighted by atomic mass is 32.2. The van der Waals surface area contributed by atoms with Crippen molar-refractivity contribution in [2.45, 2.75) is 32.3 Å². The van der Waals surface area contributed by atoms with Gasteiger partial charge in [0.25, 0.3) is 0 Å². The highest BCUT2D eigenvalue weighted by molar-refractivity contribution is 8.03. The quantitative estimate of drug-likeness (QED) is 0.933. The Bertz CT molecular complexity index is 646. The van der Waals surface area contributed by atoms with Gasteiger partial charge in [0.1, 0.15) is 5.50 Å². The van der Waals surface area contributed by atoms with E-state index in [4.69, 9.17) is 5.73 Å². The second kappa shape index (κ2) is 6.18. The summed E-state index contributed by atoms with van der Waals surface area (Å²) in [5, 5.41) is 2.11. The number of allylic oxidation sites excluding steroid dienone is 1. The molecule has 0 bridgehead atoms. The molecule has 2 N–H and O–H groups in total. The van der Waals surface area contributed by atoms with E-state index < -0.39 is 0 Å². The lowest BCUT2D eigenvalue weighted by Crippen LogP contribution is -2.34. The molecule has 0 saturated heterocycles. The van der Waals surface area contributed by atoms with E-state index in [2.05, 4.69) is 64.9 Å². The van der Waals surface area contributed by atoms with Crippen molar-refractivity contribution < 1.29 is 0 Å². The minimum Gasteiger partial charge on any atom is -0.330 e. The number of anilines is 1. The summed E-state index contributed by atoms with van der Waals surface area (Å²) in [7, 11) is 0. The molecule has 116 valence electrons. The van der Waals surface area contributed by atoms with Gasteiger partial charge < -0.3 is 15.2 Å². The maximum atomic E-state index is 6.15. The summed E-state index contributed by atoms with van der Waals surface area (Å²) in [4.78, 5) is 6.34. The summed E-state index contributed by atoms with van der Waals surface area (Å²) in [6, 6.07) is 9.01. The number of nitrogens with zero attached hydrogens (tertiary/aromatic N) is 3. The summed E-state index contributed by atoms with van der Waals surface area (Å²) in [6.07, 6.45) is 5.75. The molecule has 2 unspecified atom stereocenters. The molecule has 1 aromatic heterocycles. The largest absolute Gasteiger partial charge is 0.330 e. The maximum Gasteiger partial charge on any atom is 0.133 e. The molecule has 0 fully saturated rings. The standard InChI is InChI=1S/C17H22N4S/c1-12(2)16(20-9-8-19-11-20)14-4-6-15(7-5-14)21-13(3)10-22-17(21)18/h4-12,16-17H,18H2,1-3H3. The minimum absolute atomic E-state index is 0.0274. The van der Waals surface area contributed by atoms with Crippen molar-refractivity contribution in [2.24, 2.45) is 11.7 Å². The van der Waals surface area contributed by atoms with Crippen LogP contribution in [-0.4, -0.2) is 15.0 Å². The summed E-state index contributed by atoms with van der Waals surface area (Å²) in [6.45, 7) is 6.56. The highest BCUT2D eigenvalue weighted by Crippen LogP contribution is 2.34. The Balaban J connectivity index is 1.89. The third-order valence-corrected chi connectivity index (χ3v) is 4.97. The van der Waals surface area contributed by atoms with Crippen LogP contribution >= 0.6 is 11.8 Å². The van der Waals surface area contributed by atoms with Crippen LogP contribution in [0.1, 0.15) is 32.4 Å². The number of imidazole rings is 1. The van der Waals surface area contributed by atoms with Crippen LogP contribution in [-0.2, 0) is 0 Å². The predicted molar refractivity (Wildman–Crippen MR) is 93.4 cm³/mol. The van der Waals surface area contributed by atoms with Crippen LogP contribution in [0.25, 0.3) is 0 Å². The van der Waals surface area contributed by atoms with Gasteiger partial charge in [-0.1, -0.05) is 37.7 Å². The van der Waals surface area contributed by atoms with Crippen molar-refractivity contribution in [1.82, 2.24) is 9.55 Å². The van der Waals surface area contributed by atoms with Crippen LogP contribution in [0.15, 0.2) is 54.1 Å². The van der Waals surface area contributed by atoms with Crippen LogP contribution in [0.4, 0.5) is 5.69 Å². The Morgan fingerprint density at radius 3 is 2.45 bits per heavy atom. The first-order valence-corrected chi connectivity index (χ1v) is 8.46. The zero-order valence-corrected chi connectivity index (χ0v) is 14.0. The van der Waals surface area contributed by atoms with E-state index >= 15 is 0 Å². The van der Waals surface area contributed by atoms with Crippen molar-refractivity contribution in [3.05, 3.63) is 59.7 Å². The van der Waals surface area contributed by atoms with Gasteiger partial charge >= 0.3 is 0 Å². The Morgan fingerprint density at radius 2 is 1.95 bits per heavy atom. The zero-order valence-electron chi connectivity index (χ0n) is 13.2. The van der Waals surface area contributed by atoms with Crippen LogP contribution in [0.5, 0.6) is 0 Å². The third kappa shape index (κ3) is 2.78. The first-order valence-electron chi connectivity index (χ1n) is 7.52. The second-order valence-electron chi connectivity index (χ2n) is 5.95. The molecule has 2 heterocycles. The predicted octanol–water partition coefficient (Wildman–Crippen LogP) is 3.79. The lowest BCUT2D eigenvalue weighted by Gasteiger charge is -2.27. The number of nitrogens with two attached hydrogens (primary N) is 1. The molecular formula is C17H22N4S. The van der Waals surface area contributed by atoms with Crippen LogP contribution < -0.4 is 10.6 Å². The minimum atomic E-state index is -0.0274.